The van der Waals surface area contributed by atoms with Gasteiger partial charge in [0, 0.05) is 19.3 Å². The number of unbranched alkanes of at least 4 members (excludes halogenated alkanes) is 23. The van der Waals surface area contributed by atoms with Crippen LogP contribution in [0.15, 0.2) is 48.6 Å². The number of nitrogens with zero attached hydrogens (tertiary/aromatic N) is 1. The van der Waals surface area contributed by atoms with Crippen molar-refractivity contribution in [2.24, 2.45) is 0 Å². The summed E-state index contributed by atoms with van der Waals surface area (Å²) in [5.74, 6) is -1.75. The predicted octanol–water partition coefficient (Wildman–Crippen LogP) is 13.0. The van der Waals surface area contributed by atoms with Crippen molar-refractivity contribution in [2.45, 2.75) is 231 Å². The van der Waals surface area contributed by atoms with Crippen LogP contribution < -0.4 is 5.11 Å². The van der Waals surface area contributed by atoms with Gasteiger partial charge in [0.1, 0.15) is 12.6 Å². The average molecular weight is 858 g/mol. The summed E-state index contributed by atoms with van der Waals surface area (Å²) in [5, 5.41) is 11.6. The lowest BCUT2D eigenvalue weighted by atomic mass is 10.1. The van der Waals surface area contributed by atoms with Gasteiger partial charge in [-0.15, -0.1) is 0 Å². The molecule has 8 heteroatoms. The third-order valence-corrected chi connectivity index (χ3v) is 11.2. The second-order valence-electron chi connectivity index (χ2n) is 18.0. The van der Waals surface area contributed by atoms with Crippen molar-refractivity contribution in [3.63, 3.8) is 0 Å². The summed E-state index contributed by atoms with van der Waals surface area (Å²) in [7, 11) is 5.41. The molecule has 0 fully saturated rings. The molecule has 0 rings (SSSR count). The molecule has 0 amide bonds. The highest BCUT2D eigenvalue weighted by Gasteiger charge is 2.25. The summed E-state index contributed by atoms with van der Waals surface area (Å²) in [6.07, 6.45) is 52.9. The minimum Gasteiger partial charge on any atom is -0.544 e. The lowest BCUT2D eigenvalue weighted by Gasteiger charge is -2.34. The Balaban J connectivity index is 4.25. The highest BCUT2D eigenvalue weighted by molar-refractivity contribution is 5.70. The van der Waals surface area contributed by atoms with Crippen LogP contribution in [0.3, 0.4) is 0 Å². The second-order valence-corrected chi connectivity index (χ2v) is 18.0. The number of rotatable bonds is 45. The van der Waals surface area contributed by atoms with Crippen LogP contribution in [-0.4, -0.2) is 75.5 Å². The van der Waals surface area contributed by atoms with Gasteiger partial charge in [0.05, 0.1) is 40.3 Å². The molecule has 2 atom stereocenters. The number of carbonyl (C=O) groups excluding carboxylic acids is 3. The smallest absolute Gasteiger partial charge is 0.306 e. The standard InChI is InChI=1S/C53H95NO7/c1-6-8-10-12-14-16-18-20-22-23-24-25-26-27-28-29-30-32-34-36-38-40-42-44-52(56)61-49(47-59-46-45-50(53(57)58)54(3,4)5)48-60-51(55)43-41-39-37-35-33-31-21-19-17-15-13-11-9-7-2/h9,11,15,17,24-25,27-28,49-50H,6-8,10,12-14,16,18-23,26,29-48H2,1-5H3/b11-9+,17-15+,25-24+,28-27+. The van der Waals surface area contributed by atoms with E-state index >= 15 is 0 Å². The SMILES string of the molecule is CC/C=C/C/C=C/CCCCCCCCCC(=O)OCC(COCCC(C(=O)[O-])[N+](C)(C)C)OC(=O)CCCCCCCCC/C=C/C/C=C/CCCCCCCCCCC. The number of carbonyl (C=O) groups is 3. The Labute approximate surface area is 376 Å². The number of aliphatic carboxylic acids is 1. The van der Waals surface area contributed by atoms with Crippen LogP contribution in [0.5, 0.6) is 0 Å². The van der Waals surface area contributed by atoms with E-state index in [1.807, 2.05) is 0 Å². The summed E-state index contributed by atoms with van der Waals surface area (Å²) in [6.45, 7) is 4.55. The van der Waals surface area contributed by atoms with Crippen LogP contribution in [0.2, 0.25) is 0 Å². The number of ether oxygens (including phenoxy) is 3. The van der Waals surface area contributed by atoms with Crippen LogP contribution in [0.25, 0.3) is 0 Å². The number of allylic oxidation sites excluding steroid dienone is 8. The molecule has 0 saturated heterocycles. The zero-order valence-electron chi connectivity index (χ0n) is 40.3. The number of quaternary nitrogens is 1. The Morgan fingerprint density at radius 2 is 0.918 bits per heavy atom. The Morgan fingerprint density at radius 1 is 0.508 bits per heavy atom. The molecule has 0 aliphatic heterocycles. The van der Waals surface area contributed by atoms with E-state index in [0.29, 0.717) is 12.8 Å². The van der Waals surface area contributed by atoms with Crippen molar-refractivity contribution in [3.05, 3.63) is 48.6 Å². The third-order valence-electron chi connectivity index (χ3n) is 11.2. The molecule has 0 saturated carbocycles. The van der Waals surface area contributed by atoms with Gasteiger partial charge < -0.3 is 28.6 Å². The van der Waals surface area contributed by atoms with E-state index in [-0.39, 0.29) is 42.7 Å². The van der Waals surface area contributed by atoms with Crippen LogP contribution in [-0.2, 0) is 28.6 Å². The fraction of sp³-hybridized carbons (Fsp3) is 0.792. The van der Waals surface area contributed by atoms with E-state index in [1.54, 1.807) is 21.1 Å². The van der Waals surface area contributed by atoms with E-state index < -0.39 is 18.1 Å². The number of esters is 2. The molecule has 0 aliphatic carbocycles. The van der Waals surface area contributed by atoms with Gasteiger partial charge in [0.15, 0.2) is 6.10 Å². The molecule has 0 N–H and O–H groups in total. The zero-order valence-corrected chi connectivity index (χ0v) is 40.3. The van der Waals surface area contributed by atoms with Gasteiger partial charge in [-0.3, -0.25) is 9.59 Å². The topological polar surface area (TPSA) is 102 Å². The normalized spacial score (nSPS) is 13.3. The minimum atomic E-state index is -1.13. The molecule has 0 radical (unpaired) electrons. The van der Waals surface area contributed by atoms with Crippen molar-refractivity contribution < 1.29 is 38.2 Å². The molecule has 2 unspecified atom stereocenters. The van der Waals surface area contributed by atoms with Crippen molar-refractivity contribution in [3.8, 4) is 0 Å². The van der Waals surface area contributed by atoms with Gasteiger partial charge in [0.25, 0.3) is 0 Å². The monoisotopic (exact) mass is 858 g/mol. The van der Waals surface area contributed by atoms with E-state index in [9.17, 15) is 19.5 Å². The lowest BCUT2D eigenvalue weighted by Crippen LogP contribution is -2.55. The summed E-state index contributed by atoms with van der Waals surface area (Å²) >= 11 is 0. The van der Waals surface area contributed by atoms with Gasteiger partial charge in [-0.1, -0.05) is 178 Å². The first kappa shape index (κ1) is 58.3. The molecule has 354 valence electrons. The average Bonchev–Trinajstić information content (AvgIpc) is 3.22. The Hall–Kier alpha value is -2.71. The van der Waals surface area contributed by atoms with Crippen molar-refractivity contribution in [1.82, 2.24) is 0 Å². The van der Waals surface area contributed by atoms with Gasteiger partial charge in [-0.25, -0.2) is 0 Å². The number of likely N-dealkylation sites (N-methyl/N-ethyl adjacent to an activating group) is 1. The van der Waals surface area contributed by atoms with Gasteiger partial charge in [-0.05, 0) is 70.6 Å². The molecular weight excluding hydrogens is 763 g/mol. The van der Waals surface area contributed by atoms with Crippen molar-refractivity contribution in [1.29, 1.82) is 0 Å². The van der Waals surface area contributed by atoms with E-state index in [1.165, 1.54) is 116 Å². The molecule has 8 nitrogen and oxygen atoms in total. The summed E-state index contributed by atoms with van der Waals surface area (Å²) < 4.78 is 17.2. The van der Waals surface area contributed by atoms with Crippen molar-refractivity contribution in [2.75, 3.05) is 41.0 Å². The molecule has 0 spiro atoms. The van der Waals surface area contributed by atoms with Gasteiger partial charge in [0.2, 0.25) is 0 Å². The maximum absolute atomic E-state index is 12.8. The molecule has 0 bridgehead atoms. The molecule has 0 aromatic heterocycles. The van der Waals surface area contributed by atoms with Gasteiger partial charge in [-0.2, -0.15) is 0 Å². The highest BCUT2D eigenvalue weighted by Crippen LogP contribution is 2.15. The quantitative estimate of drug-likeness (QED) is 0.0260. The minimum absolute atomic E-state index is 0.0346. The van der Waals surface area contributed by atoms with Gasteiger partial charge >= 0.3 is 11.9 Å². The maximum Gasteiger partial charge on any atom is 0.306 e. The lowest BCUT2D eigenvalue weighted by molar-refractivity contribution is -0.889. The van der Waals surface area contributed by atoms with Crippen LogP contribution in [0.1, 0.15) is 219 Å². The number of carboxylic acids is 1. The highest BCUT2D eigenvalue weighted by atomic mass is 16.6. The van der Waals surface area contributed by atoms with Crippen molar-refractivity contribution >= 4 is 17.9 Å². The van der Waals surface area contributed by atoms with Crippen LogP contribution in [0, 0.1) is 0 Å². The first-order valence-corrected chi connectivity index (χ1v) is 25.2. The summed E-state index contributed by atoms with van der Waals surface area (Å²) in [5.41, 5.74) is 0. The summed E-state index contributed by atoms with van der Waals surface area (Å²) in [4.78, 5) is 37.0. The number of hydrogen-bond acceptors (Lipinski definition) is 7. The Morgan fingerprint density at radius 3 is 1.34 bits per heavy atom. The molecule has 0 aromatic carbocycles. The third kappa shape index (κ3) is 42.4. The molecular formula is C53H95NO7. The van der Waals surface area contributed by atoms with E-state index in [4.69, 9.17) is 14.2 Å². The fourth-order valence-electron chi connectivity index (χ4n) is 7.32. The van der Waals surface area contributed by atoms with Crippen LogP contribution >= 0.6 is 0 Å². The second kappa shape index (κ2) is 43.9. The summed E-state index contributed by atoms with van der Waals surface area (Å²) in [6, 6.07) is -0.729. The predicted molar refractivity (Wildman–Crippen MR) is 254 cm³/mol. The van der Waals surface area contributed by atoms with E-state index in [2.05, 4.69) is 62.5 Å². The Bertz CT molecular complexity index is 1140. The molecule has 0 aromatic rings. The Kier molecular flexibility index (Phi) is 42.0. The fourth-order valence-corrected chi connectivity index (χ4v) is 7.32. The molecule has 61 heavy (non-hydrogen) atoms. The maximum atomic E-state index is 12.8. The number of hydrogen-bond donors (Lipinski definition) is 0. The molecule has 0 aliphatic rings. The first-order valence-electron chi connectivity index (χ1n) is 25.2. The largest absolute Gasteiger partial charge is 0.544 e. The van der Waals surface area contributed by atoms with Crippen LogP contribution in [0.4, 0.5) is 0 Å². The van der Waals surface area contributed by atoms with E-state index in [0.717, 1.165) is 70.6 Å². The number of carboxylic acid groups (broad SMARTS) is 1. The zero-order chi connectivity index (χ0) is 44.9. The first-order chi connectivity index (χ1) is 29.6. The molecule has 0 heterocycles.